The predicted octanol–water partition coefficient (Wildman–Crippen LogP) is 2.74. The number of aryl methyl sites for hydroxylation is 2. The quantitative estimate of drug-likeness (QED) is 0.542. The molecule has 1 N–H and O–H groups in total. The van der Waals surface area contributed by atoms with Crippen LogP contribution in [0.15, 0.2) is 56.5 Å². The van der Waals surface area contributed by atoms with Gasteiger partial charge in [-0.15, -0.1) is 0 Å². The van der Waals surface area contributed by atoms with E-state index in [0.717, 1.165) is 29.3 Å². The third-order valence-corrected chi connectivity index (χ3v) is 5.43. The van der Waals surface area contributed by atoms with Crippen LogP contribution in [0.2, 0.25) is 0 Å². The number of rotatable bonds is 3. The summed E-state index contributed by atoms with van der Waals surface area (Å²) in [6, 6.07) is 11.7. The monoisotopic (exact) mass is 388 g/mol. The number of hydrogen-bond donors (Lipinski definition) is 1. The zero-order chi connectivity index (χ0) is 20.1. The molecule has 5 rings (SSSR count). The van der Waals surface area contributed by atoms with Crippen LogP contribution in [0, 0.1) is 0 Å². The van der Waals surface area contributed by atoms with Gasteiger partial charge in [0.25, 0.3) is 5.56 Å². The van der Waals surface area contributed by atoms with Crippen molar-refractivity contribution in [2.75, 3.05) is 0 Å². The van der Waals surface area contributed by atoms with Gasteiger partial charge in [0, 0.05) is 16.8 Å². The highest BCUT2D eigenvalue weighted by molar-refractivity contribution is 6.01. The Labute approximate surface area is 163 Å². The molecule has 1 aliphatic rings. The molecule has 2 aromatic heterocycles. The van der Waals surface area contributed by atoms with Gasteiger partial charge < -0.3 is 9.52 Å². The number of nitrogens with zero attached hydrogens (tertiary/aromatic N) is 2. The minimum Gasteiger partial charge on any atom is -0.476 e. The van der Waals surface area contributed by atoms with Crippen LogP contribution in [0.25, 0.3) is 21.7 Å². The van der Waals surface area contributed by atoms with Gasteiger partial charge in [0.2, 0.25) is 0 Å². The van der Waals surface area contributed by atoms with Crippen LogP contribution in [-0.2, 0) is 19.4 Å². The van der Waals surface area contributed by atoms with Gasteiger partial charge in [-0.1, -0.05) is 18.2 Å². The molecule has 0 radical (unpaired) electrons. The fourth-order valence-electron chi connectivity index (χ4n) is 4.09. The van der Waals surface area contributed by atoms with Gasteiger partial charge in [0.1, 0.15) is 5.58 Å². The van der Waals surface area contributed by atoms with Gasteiger partial charge in [-0.25, -0.2) is 14.3 Å². The number of hydrogen-bond acceptors (Lipinski definition) is 5. The van der Waals surface area contributed by atoms with E-state index in [1.54, 1.807) is 24.3 Å². The van der Waals surface area contributed by atoms with E-state index in [2.05, 4.69) is 5.10 Å². The summed E-state index contributed by atoms with van der Waals surface area (Å²) in [6.07, 6.45) is 2.97. The molecule has 0 spiro atoms. The lowest BCUT2D eigenvalue weighted by atomic mass is 10.0. The fraction of sp³-hybridized carbons (Fsp3) is 0.182. The number of aromatic nitrogens is 2. The summed E-state index contributed by atoms with van der Waals surface area (Å²) in [6.45, 7) is -0.0230. The zero-order valence-electron chi connectivity index (χ0n) is 15.3. The molecule has 0 atom stereocenters. The van der Waals surface area contributed by atoms with Crippen molar-refractivity contribution in [2.45, 2.75) is 25.8 Å². The van der Waals surface area contributed by atoms with E-state index >= 15 is 0 Å². The highest BCUT2D eigenvalue weighted by Gasteiger charge is 2.18. The first kappa shape index (κ1) is 17.4. The van der Waals surface area contributed by atoms with E-state index in [4.69, 9.17) is 4.42 Å². The maximum Gasteiger partial charge on any atom is 0.357 e. The third-order valence-electron chi connectivity index (χ3n) is 5.43. The number of fused-ring (bicyclic) bond motifs is 3. The Morgan fingerprint density at radius 3 is 2.52 bits per heavy atom. The third kappa shape index (κ3) is 2.82. The summed E-state index contributed by atoms with van der Waals surface area (Å²) < 4.78 is 6.47. The van der Waals surface area contributed by atoms with Crippen LogP contribution in [0.5, 0.6) is 0 Å². The maximum atomic E-state index is 12.9. The largest absolute Gasteiger partial charge is 0.476 e. The lowest BCUT2D eigenvalue weighted by Crippen LogP contribution is -2.27. The summed E-state index contributed by atoms with van der Waals surface area (Å²) in [7, 11) is 0. The molecule has 0 aliphatic heterocycles. The molecular weight excluding hydrogens is 372 g/mol. The standard InChI is InChI=1S/C22H16N2O5/c25-19-10-14(17-8-12-4-3-5-13(12)9-18(17)29-19)11-24-21(26)16-7-2-1-6-15(16)20(23-24)22(27)28/h1-2,6-10H,3-5,11H2,(H,27,28). The molecule has 2 aromatic carbocycles. The van der Waals surface area contributed by atoms with Crippen molar-refractivity contribution in [1.82, 2.24) is 9.78 Å². The Kier molecular flexibility index (Phi) is 3.84. The Bertz CT molecular complexity index is 1430. The summed E-state index contributed by atoms with van der Waals surface area (Å²) >= 11 is 0. The first-order chi connectivity index (χ1) is 14.0. The van der Waals surface area contributed by atoms with E-state index in [1.165, 1.54) is 17.2 Å². The Morgan fingerprint density at radius 2 is 1.76 bits per heavy atom. The van der Waals surface area contributed by atoms with Crippen LogP contribution in [-0.4, -0.2) is 20.9 Å². The smallest absolute Gasteiger partial charge is 0.357 e. The molecule has 4 aromatic rings. The molecule has 7 nitrogen and oxygen atoms in total. The van der Waals surface area contributed by atoms with Gasteiger partial charge >= 0.3 is 11.6 Å². The van der Waals surface area contributed by atoms with Crippen molar-refractivity contribution in [2.24, 2.45) is 0 Å². The van der Waals surface area contributed by atoms with E-state index in [0.29, 0.717) is 11.1 Å². The Balaban J connectivity index is 1.73. The van der Waals surface area contributed by atoms with E-state index in [9.17, 15) is 19.5 Å². The molecule has 0 saturated heterocycles. The highest BCUT2D eigenvalue weighted by atomic mass is 16.4. The van der Waals surface area contributed by atoms with Crippen molar-refractivity contribution in [3.8, 4) is 0 Å². The zero-order valence-corrected chi connectivity index (χ0v) is 15.3. The SMILES string of the molecule is O=C(O)c1nn(Cc2cc(=O)oc3cc4c(cc23)CCC4)c(=O)c2ccccc12. The van der Waals surface area contributed by atoms with Crippen LogP contribution < -0.4 is 11.2 Å². The van der Waals surface area contributed by atoms with Crippen LogP contribution in [0.3, 0.4) is 0 Å². The number of carbonyl (C=O) groups is 1. The van der Waals surface area contributed by atoms with Gasteiger partial charge in [-0.05, 0) is 54.2 Å². The van der Waals surface area contributed by atoms with Crippen molar-refractivity contribution in [1.29, 1.82) is 0 Å². The lowest BCUT2D eigenvalue weighted by molar-refractivity contribution is 0.0690. The second kappa shape index (κ2) is 6.41. The van der Waals surface area contributed by atoms with Gasteiger partial charge in [-0.3, -0.25) is 4.79 Å². The van der Waals surface area contributed by atoms with Crippen molar-refractivity contribution in [3.05, 3.63) is 85.6 Å². The van der Waals surface area contributed by atoms with Gasteiger partial charge in [-0.2, -0.15) is 5.10 Å². The van der Waals surface area contributed by atoms with E-state index in [-0.39, 0.29) is 23.0 Å². The first-order valence-corrected chi connectivity index (χ1v) is 9.33. The molecule has 1 aliphatic carbocycles. The predicted molar refractivity (Wildman–Crippen MR) is 107 cm³/mol. The van der Waals surface area contributed by atoms with E-state index < -0.39 is 17.2 Å². The summed E-state index contributed by atoms with van der Waals surface area (Å²) in [5.41, 5.74) is 2.30. The summed E-state index contributed by atoms with van der Waals surface area (Å²) in [5, 5.41) is 14.9. The number of benzene rings is 2. The van der Waals surface area contributed by atoms with Crippen LogP contribution in [0.1, 0.15) is 33.6 Å². The topological polar surface area (TPSA) is 102 Å². The van der Waals surface area contributed by atoms with Crippen molar-refractivity contribution < 1.29 is 14.3 Å². The summed E-state index contributed by atoms with van der Waals surface area (Å²) in [5.74, 6) is -1.22. The molecule has 0 fully saturated rings. The number of carboxylic acids is 1. The second-order valence-corrected chi connectivity index (χ2v) is 7.22. The van der Waals surface area contributed by atoms with Crippen LogP contribution >= 0.6 is 0 Å². The fourth-order valence-corrected chi connectivity index (χ4v) is 4.09. The average Bonchev–Trinajstić information content (AvgIpc) is 3.15. The van der Waals surface area contributed by atoms with Crippen molar-refractivity contribution in [3.63, 3.8) is 0 Å². The molecule has 144 valence electrons. The Morgan fingerprint density at radius 1 is 1.03 bits per heavy atom. The molecule has 2 heterocycles. The lowest BCUT2D eigenvalue weighted by Gasteiger charge is -2.11. The maximum absolute atomic E-state index is 12.9. The minimum atomic E-state index is -1.22. The highest BCUT2D eigenvalue weighted by Crippen LogP contribution is 2.28. The molecule has 7 heteroatoms. The summed E-state index contributed by atoms with van der Waals surface area (Å²) in [4.78, 5) is 36.7. The molecule has 0 unspecified atom stereocenters. The van der Waals surface area contributed by atoms with Crippen LogP contribution in [0.4, 0.5) is 0 Å². The van der Waals surface area contributed by atoms with Gasteiger partial charge in [0.15, 0.2) is 5.69 Å². The van der Waals surface area contributed by atoms with Gasteiger partial charge in [0.05, 0.1) is 11.9 Å². The number of aromatic carboxylic acids is 1. The second-order valence-electron chi connectivity index (χ2n) is 7.22. The molecular formula is C22H16N2O5. The average molecular weight is 388 g/mol. The normalized spacial score (nSPS) is 13.1. The van der Waals surface area contributed by atoms with Crippen molar-refractivity contribution >= 4 is 27.7 Å². The molecule has 0 bridgehead atoms. The molecule has 29 heavy (non-hydrogen) atoms. The Hall–Kier alpha value is -3.74. The minimum absolute atomic E-state index is 0.0230. The first-order valence-electron chi connectivity index (χ1n) is 9.33. The number of carboxylic acid groups (broad SMARTS) is 1. The molecule has 0 amide bonds. The molecule has 0 saturated carbocycles. The van der Waals surface area contributed by atoms with E-state index in [1.807, 2.05) is 12.1 Å².